The Kier molecular flexibility index (Phi) is 4.05. The summed E-state index contributed by atoms with van der Waals surface area (Å²) in [6.45, 7) is 4.46. The van der Waals surface area contributed by atoms with Crippen molar-refractivity contribution in [1.82, 2.24) is 9.97 Å². The van der Waals surface area contributed by atoms with E-state index in [1.54, 1.807) is 12.3 Å². The highest BCUT2D eigenvalue weighted by Gasteiger charge is 2.39. The van der Waals surface area contributed by atoms with Gasteiger partial charge in [-0.05, 0) is 36.7 Å². The molecule has 1 aromatic carbocycles. The molecule has 0 bridgehead atoms. The van der Waals surface area contributed by atoms with Crippen LogP contribution in [0.1, 0.15) is 19.8 Å². The summed E-state index contributed by atoms with van der Waals surface area (Å²) in [4.78, 5) is 11.4. The van der Waals surface area contributed by atoms with Crippen molar-refractivity contribution in [2.24, 2.45) is 17.8 Å². The normalized spacial score (nSPS) is 26.0. The lowest BCUT2D eigenvalue weighted by atomic mass is 10.0. The lowest BCUT2D eigenvalue weighted by molar-refractivity contribution is 0.494. The van der Waals surface area contributed by atoms with Crippen molar-refractivity contribution in [1.29, 1.82) is 0 Å². The fraction of sp³-hybridized carbons (Fsp3) is 0.444. The second-order valence-electron chi connectivity index (χ2n) is 7.07. The van der Waals surface area contributed by atoms with Gasteiger partial charge in [0.15, 0.2) is 5.82 Å². The first kappa shape index (κ1) is 16.0. The Morgan fingerprint density at radius 3 is 2.54 bits per heavy atom. The first-order chi connectivity index (χ1) is 11.5. The molecule has 2 unspecified atom stereocenters. The Morgan fingerprint density at radius 1 is 1.17 bits per heavy atom. The van der Waals surface area contributed by atoms with Gasteiger partial charge in [-0.15, -0.1) is 0 Å². The van der Waals surface area contributed by atoms with Gasteiger partial charge in [-0.2, -0.15) is 0 Å². The minimum Gasteiger partial charge on any atom is -0.382 e. The Balaban J connectivity index is 1.60. The van der Waals surface area contributed by atoms with E-state index in [1.165, 1.54) is 12.8 Å². The van der Waals surface area contributed by atoms with Crippen LogP contribution in [0.25, 0.3) is 11.3 Å². The predicted molar refractivity (Wildman–Crippen MR) is 99.5 cm³/mol. The molecule has 4 nitrogen and oxygen atoms in total. The molecule has 1 aliphatic carbocycles. The molecule has 2 N–H and O–H groups in total. The monoisotopic (exact) mass is 362 g/mol. The number of anilines is 2. The third-order valence-corrected chi connectivity index (χ3v) is 6.12. The van der Waals surface area contributed by atoms with E-state index in [0.717, 1.165) is 36.7 Å². The number of fused-ring (bicyclic) bond motifs is 1. The van der Waals surface area contributed by atoms with Crippen molar-refractivity contribution < 1.29 is 0 Å². The van der Waals surface area contributed by atoms with Crippen molar-refractivity contribution in [3.05, 3.63) is 34.4 Å². The summed E-state index contributed by atoms with van der Waals surface area (Å²) < 4.78 is 0. The number of hydrogen-bond acceptors (Lipinski definition) is 4. The Bertz CT molecular complexity index is 766. The second kappa shape index (κ2) is 6.08. The largest absolute Gasteiger partial charge is 0.382 e. The van der Waals surface area contributed by atoms with Crippen LogP contribution in [0.5, 0.6) is 0 Å². The van der Waals surface area contributed by atoms with Crippen molar-refractivity contribution in [2.75, 3.05) is 23.7 Å². The van der Waals surface area contributed by atoms with Crippen molar-refractivity contribution in [3.63, 3.8) is 0 Å². The minimum atomic E-state index is 0.391. The number of nitrogens with two attached hydrogens (primary N) is 1. The van der Waals surface area contributed by atoms with E-state index < -0.39 is 0 Å². The van der Waals surface area contributed by atoms with Crippen LogP contribution < -0.4 is 10.6 Å². The van der Waals surface area contributed by atoms with Crippen molar-refractivity contribution >= 4 is 34.8 Å². The molecule has 2 atom stereocenters. The molecule has 0 radical (unpaired) electrons. The zero-order chi connectivity index (χ0) is 16.8. The summed E-state index contributed by atoms with van der Waals surface area (Å²) in [5.41, 5.74) is 7.47. The number of aromatic nitrogens is 2. The van der Waals surface area contributed by atoms with Gasteiger partial charge in [-0.25, -0.2) is 9.97 Å². The quantitative estimate of drug-likeness (QED) is 0.853. The smallest absolute Gasteiger partial charge is 0.152 e. The first-order valence-electron chi connectivity index (χ1n) is 8.34. The van der Waals surface area contributed by atoms with Gasteiger partial charge in [-0.3, -0.25) is 0 Å². The molecule has 2 fully saturated rings. The van der Waals surface area contributed by atoms with E-state index in [-0.39, 0.29) is 0 Å². The summed E-state index contributed by atoms with van der Waals surface area (Å²) in [5.74, 6) is 3.67. The average molecular weight is 363 g/mol. The summed E-state index contributed by atoms with van der Waals surface area (Å²) >= 11 is 12.4. The molecule has 2 heterocycles. The number of nitrogen functional groups attached to an aromatic ring is 1. The van der Waals surface area contributed by atoms with Gasteiger partial charge < -0.3 is 10.6 Å². The topological polar surface area (TPSA) is 55.0 Å². The minimum absolute atomic E-state index is 0.391. The third-order valence-electron chi connectivity index (χ3n) is 5.30. The molecule has 0 amide bonds. The average Bonchev–Trinajstić information content (AvgIpc) is 3.08. The molecule has 0 spiro atoms. The van der Waals surface area contributed by atoms with Crippen LogP contribution in [0.4, 0.5) is 11.6 Å². The lowest BCUT2D eigenvalue weighted by Gasteiger charge is -2.20. The van der Waals surface area contributed by atoms with Crippen LogP contribution in [0.2, 0.25) is 10.0 Å². The lowest BCUT2D eigenvalue weighted by Crippen LogP contribution is -2.23. The molecule has 1 saturated carbocycles. The van der Waals surface area contributed by atoms with E-state index >= 15 is 0 Å². The van der Waals surface area contributed by atoms with Crippen LogP contribution in [-0.2, 0) is 0 Å². The molecular formula is C18H20Cl2N4. The van der Waals surface area contributed by atoms with Gasteiger partial charge in [0.2, 0.25) is 0 Å². The van der Waals surface area contributed by atoms with Crippen LogP contribution in [0, 0.1) is 17.8 Å². The second-order valence-corrected chi connectivity index (χ2v) is 7.85. The van der Waals surface area contributed by atoms with Crippen LogP contribution in [0.15, 0.2) is 24.4 Å². The molecule has 1 aromatic heterocycles. The maximum atomic E-state index is 6.28. The SMILES string of the molecule is CC1CC2CN(c3cnc(-c4cccc(Cl)c4Cl)c(N)n3)CC2C1. The molecule has 6 heteroatoms. The van der Waals surface area contributed by atoms with E-state index in [1.807, 2.05) is 12.1 Å². The van der Waals surface area contributed by atoms with Crippen molar-refractivity contribution in [2.45, 2.75) is 19.8 Å². The summed E-state index contributed by atoms with van der Waals surface area (Å²) in [5, 5.41) is 0.943. The zero-order valence-electron chi connectivity index (χ0n) is 13.5. The first-order valence-corrected chi connectivity index (χ1v) is 9.10. The van der Waals surface area contributed by atoms with E-state index in [2.05, 4.69) is 21.8 Å². The van der Waals surface area contributed by atoms with Gasteiger partial charge >= 0.3 is 0 Å². The zero-order valence-corrected chi connectivity index (χ0v) is 15.1. The molecule has 1 saturated heterocycles. The summed E-state index contributed by atoms with van der Waals surface area (Å²) in [6, 6.07) is 5.44. The van der Waals surface area contributed by atoms with Crippen LogP contribution in [0.3, 0.4) is 0 Å². The fourth-order valence-electron chi connectivity index (χ4n) is 4.23. The van der Waals surface area contributed by atoms with E-state index in [4.69, 9.17) is 28.9 Å². The Labute approximate surface area is 152 Å². The molecule has 24 heavy (non-hydrogen) atoms. The highest BCUT2D eigenvalue weighted by Crippen LogP contribution is 2.42. The van der Waals surface area contributed by atoms with Gasteiger partial charge in [0.25, 0.3) is 0 Å². The van der Waals surface area contributed by atoms with Gasteiger partial charge in [0.1, 0.15) is 11.5 Å². The number of benzene rings is 1. The van der Waals surface area contributed by atoms with E-state index in [9.17, 15) is 0 Å². The maximum absolute atomic E-state index is 6.28. The molecule has 4 rings (SSSR count). The highest BCUT2D eigenvalue weighted by atomic mass is 35.5. The van der Waals surface area contributed by atoms with Gasteiger partial charge in [-0.1, -0.05) is 42.3 Å². The molecule has 2 aliphatic rings. The number of nitrogens with zero attached hydrogens (tertiary/aromatic N) is 3. The Morgan fingerprint density at radius 2 is 1.88 bits per heavy atom. The van der Waals surface area contributed by atoms with Crippen LogP contribution >= 0.6 is 23.2 Å². The summed E-state index contributed by atoms with van der Waals surface area (Å²) in [7, 11) is 0. The molecule has 126 valence electrons. The van der Waals surface area contributed by atoms with E-state index in [0.29, 0.717) is 27.1 Å². The third kappa shape index (κ3) is 2.72. The fourth-order valence-corrected chi connectivity index (χ4v) is 4.62. The number of hydrogen-bond donors (Lipinski definition) is 1. The number of rotatable bonds is 2. The van der Waals surface area contributed by atoms with Gasteiger partial charge in [0, 0.05) is 18.7 Å². The predicted octanol–water partition coefficient (Wildman–Crippen LogP) is 4.51. The van der Waals surface area contributed by atoms with Crippen LogP contribution in [-0.4, -0.2) is 23.1 Å². The molecule has 2 aromatic rings. The Hall–Kier alpha value is -1.52. The van der Waals surface area contributed by atoms with Gasteiger partial charge in [0.05, 0.1) is 16.2 Å². The summed E-state index contributed by atoms with van der Waals surface area (Å²) in [6.07, 6.45) is 4.44. The molecule has 1 aliphatic heterocycles. The highest BCUT2D eigenvalue weighted by molar-refractivity contribution is 6.43. The maximum Gasteiger partial charge on any atom is 0.152 e. The number of halogens is 2. The standard InChI is InChI=1S/C18H20Cl2N4/c1-10-5-11-8-24(9-12(11)6-10)15-7-22-17(18(21)23-15)13-3-2-4-14(19)16(13)20/h2-4,7,10-12H,5-6,8-9H2,1H3,(H2,21,23). The molecular weight excluding hydrogens is 343 g/mol. The van der Waals surface area contributed by atoms with Crippen molar-refractivity contribution in [3.8, 4) is 11.3 Å².